The number of ether oxygens (including phenoxy) is 1. The van der Waals surface area contributed by atoms with Crippen molar-refractivity contribution in [1.82, 2.24) is 0 Å². The Kier molecular flexibility index (Phi) is 11.4. The molecule has 0 unspecified atom stereocenters. The van der Waals surface area contributed by atoms with Crippen LogP contribution in [0.1, 0.15) is 40.5 Å². The van der Waals surface area contributed by atoms with E-state index < -0.39 is 17.3 Å². The van der Waals surface area contributed by atoms with E-state index in [9.17, 15) is 4.79 Å². The molecular weight excluding hydrogens is 294 g/mol. The van der Waals surface area contributed by atoms with E-state index in [1.54, 1.807) is 13.8 Å². The molecule has 1 N–H and O–H groups in total. The van der Waals surface area contributed by atoms with Crippen LogP contribution in [0.25, 0.3) is 0 Å². The van der Waals surface area contributed by atoms with Gasteiger partial charge in [0.25, 0.3) is 0 Å². The van der Waals surface area contributed by atoms with Gasteiger partial charge in [0, 0.05) is 0 Å². The number of carbonyl (C=O) groups excluding carboxylic acids is 1. The monoisotopic (exact) mass is 317 g/mol. The van der Waals surface area contributed by atoms with Crippen LogP contribution >= 0.6 is 0 Å². The van der Waals surface area contributed by atoms with Gasteiger partial charge in [0.05, 0.1) is 0 Å². The Morgan fingerprint density at radius 1 is 1.11 bits per heavy atom. The van der Waals surface area contributed by atoms with Crippen LogP contribution < -0.4 is 0 Å². The van der Waals surface area contributed by atoms with Crippen LogP contribution in [0.5, 0.6) is 0 Å². The van der Waals surface area contributed by atoms with Crippen LogP contribution in [0.15, 0.2) is 11.8 Å². The van der Waals surface area contributed by atoms with Crippen LogP contribution in [0, 0.1) is 0 Å². The molecule has 0 aliphatic carbocycles. The van der Waals surface area contributed by atoms with Gasteiger partial charge in [0.2, 0.25) is 0 Å². The SMILES string of the molecule is CCC[O][Ga]([O]CCC)[O]/C(C)=C\C(=[OH+])OCC. The quantitative estimate of drug-likeness (QED) is 0.204. The van der Waals surface area contributed by atoms with Crippen LogP contribution in [-0.4, -0.2) is 47.9 Å². The van der Waals surface area contributed by atoms with E-state index in [-0.39, 0.29) is 5.97 Å². The number of allylic oxidation sites excluding steroid dienone is 1. The van der Waals surface area contributed by atoms with Crippen molar-refractivity contribution in [2.24, 2.45) is 0 Å². The van der Waals surface area contributed by atoms with Crippen LogP contribution in [-0.2, 0) is 15.3 Å². The Balaban J connectivity index is 4.22. The Bertz CT molecular complexity index is 247. The van der Waals surface area contributed by atoms with Gasteiger partial charge in [0.1, 0.15) is 0 Å². The van der Waals surface area contributed by atoms with Gasteiger partial charge in [-0.15, -0.1) is 0 Å². The molecule has 18 heavy (non-hydrogen) atoms. The van der Waals surface area contributed by atoms with Gasteiger partial charge in [-0.3, -0.25) is 0 Å². The summed E-state index contributed by atoms with van der Waals surface area (Å²) in [4.78, 5) is 9.36. The molecule has 104 valence electrons. The van der Waals surface area contributed by atoms with Gasteiger partial charge in [-0.25, -0.2) is 0 Å². The van der Waals surface area contributed by atoms with Crippen molar-refractivity contribution < 1.29 is 20.1 Å². The summed E-state index contributed by atoms with van der Waals surface area (Å²) in [6.45, 7) is 9.32. The summed E-state index contributed by atoms with van der Waals surface area (Å²) in [7, 11) is 0. The van der Waals surface area contributed by atoms with E-state index in [4.69, 9.17) is 15.3 Å². The fourth-order valence-corrected chi connectivity index (χ4v) is 4.16. The maximum absolute atomic E-state index is 9.36. The zero-order valence-corrected chi connectivity index (χ0v) is 14.2. The van der Waals surface area contributed by atoms with Crippen molar-refractivity contribution in [3.8, 4) is 0 Å². The van der Waals surface area contributed by atoms with Crippen molar-refractivity contribution >= 4 is 23.3 Å². The van der Waals surface area contributed by atoms with Crippen molar-refractivity contribution in [1.29, 1.82) is 0 Å². The molecule has 0 aromatic carbocycles. The van der Waals surface area contributed by atoms with Gasteiger partial charge >= 0.3 is 116 Å². The van der Waals surface area contributed by atoms with Gasteiger partial charge in [0.15, 0.2) is 0 Å². The van der Waals surface area contributed by atoms with E-state index in [1.807, 2.05) is 13.8 Å². The first-order chi connectivity index (χ1) is 8.63. The molecule has 0 saturated carbocycles. The third-order valence-electron chi connectivity index (χ3n) is 1.82. The first-order valence-electron chi connectivity index (χ1n) is 6.40. The standard InChI is InChI=1S/C6H10O3.2C3H7O.Ga/c1-3-9-6(8)4-5(2)7;2*1-2-3-4;/h4,7H,3H2,1-2H3;2*2-3H2,1H3;/q;2*-1;+3/b5-4-;;;. The molecule has 0 atom stereocenters. The topological polar surface area (TPSA) is 58.3 Å². The van der Waals surface area contributed by atoms with Gasteiger partial charge < -0.3 is 0 Å². The summed E-state index contributed by atoms with van der Waals surface area (Å²) in [6, 6.07) is 0. The van der Waals surface area contributed by atoms with Crippen molar-refractivity contribution in [3.05, 3.63) is 11.8 Å². The molecule has 0 rings (SSSR count). The molecule has 5 nitrogen and oxygen atoms in total. The molecule has 0 aliphatic rings. The molecule has 0 aromatic heterocycles. The average Bonchev–Trinajstić information content (AvgIpc) is 2.32. The molecule has 0 heterocycles. The van der Waals surface area contributed by atoms with Crippen molar-refractivity contribution in [2.45, 2.75) is 40.5 Å². The molecule has 0 amide bonds. The molecule has 0 radical (unpaired) electrons. The van der Waals surface area contributed by atoms with E-state index in [0.29, 0.717) is 25.6 Å². The second kappa shape index (κ2) is 11.6. The third kappa shape index (κ3) is 9.58. The van der Waals surface area contributed by atoms with E-state index in [1.165, 1.54) is 6.08 Å². The summed E-state index contributed by atoms with van der Waals surface area (Å²) in [5.74, 6) is 0.403. The summed E-state index contributed by atoms with van der Waals surface area (Å²) >= 11 is -2.65. The Morgan fingerprint density at radius 3 is 2.11 bits per heavy atom. The van der Waals surface area contributed by atoms with E-state index >= 15 is 0 Å². The van der Waals surface area contributed by atoms with Gasteiger partial charge in [-0.2, -0.15) is 0 Å². The van der Waals surface area contributed by atoms with Crippen molar-refractivity contribution in [2.75, 3.05) is 19.8 Å². The van der Waals surface area contributed by atoms with Gasteiger partial charge in [-0.05, 0) is 0 Å². The summed E-state index contributed by atoms with van der Waals surface area (Å²) in [6.07, 6.45) is 3.30. The summed E-state index contributed by atoms with van der Waals surface area (Å²) < 4.78 is 21.7. The van der Waals surface area contributed by atoms with Crippen LogP contribution in [0.3, 0.4) is 0 Å². The minimum atomic E-state index is -2.65. The fourth-order valence-electron chi connectivity index (χ4n) is 1.09. The second-order valence-corrected chi connectivity index (χ2v) is 6.78. The molecule has 0 bridgehead atoms. The Morgan fingerprint density at radius 2 is 1.67 bits per heavy atom. The molecule has 0 aliphatic heterocycles. The zero-order chi connectivity index (χ0) is 13.8. The number of esters is 1. The normalized spacial score (nSPS) is 11.2. The van der Waals surface area contributed by atoms with E-state index in [2.05, 4.69) is 0 Å². The second-order valence-electron chi connectivity index (χ2n) is 3.67. The third-order valence-corrected chi connectivity index (χ3v) is 5.13. The molecule has 0 saturated heterocycles. The van der Waals surface area contributed by atoms with Crippen molar-refractivity contribution in [3.63, 3.8) is 0 Å². The summed E-state index contributed by atoms with van der Waals surface area (Å²) in [5.41, 5.74) is 0. The molecular formula is C12H24GaO5+. The van der Waals surface area contributed by atoms with Crippen LogP contribution in [0.2, 0.25) is 0 Å². The molecule has 0 aromatic rings. The molecule has 6 heteroatoms. The van der Waals surface area contributed by atoms with E-state index in [0.717, 1.165) is 12.8 Å². The predicted octanol–water partition coefficient (Wildman–Crippen LogP) is 2.28. The molecule has 0 fully saturated rings. The predicted molar refractivity (Wildman–Crippen MR) is 71.7 cm³/mol. The van der Waals surface area contributed by atoms with Crippen LogP contribution in [0.4, 0.5) is 0 Å². The zero-order valence-electron chi connectivity index (χ0n) is 11.8. The number of hydrogen-bond acceptors (Lipinski definition) is 4. The Labute approximate surface area is 116 Å². The average molecular weight is 318 g/mol. The summed E-state index contributed by atoms with van der Waals surface area (Å²) in [5, 5.41) is 0. The molecule has 0 spiro atoms. The number of rotatable bonds is 10. The first kappa shape index (κ1) is 17.6. The fraction of sp³-hybridized carbons (Fsp3) is 0.750. The minimum absolute atomic E-state index is 0.151. The first-order valence-corrected chi connectivity index (χ1v) is 9.37. The number of hydrogen-bond donors (Lipinski definition) is 0. The maximum atomic E-state index is 9.36. The Hall–Kier alpha value is -0.434. The van der Waals surface area contributed by atoms with Gasteiger partial charge in [-0.1, -0.05) is 0 Å².